The van der Waals surface area contributed by atoms with Crippen LogP contribution >= 0.6 is 0 Å². The lowest BCUT2D eigenvalue weighted by Gasteiger charge is -2.10. The topological polar surface area (TPSA) is 86.7 Å². The van der Waals surface area contributed by atoms with E-state index in [1.54, 1.807) is 32.5 Å². The Morgan fingerprint density at radius 3 is 2.71 bits per heavy atom. The summed E-state index contributed by atoms with van der Waals surface area (Å²) in [7, 11) is 5.09. The number of methoxy groups -OCH3 is 2. The van der Waals surface area contributed by atoms with E-state index in [4.69, 9.17) is 15.2 Å². The molecule has 1 aromatic heterocycles. The second-order valence-corrected chi connectivity index (χ2v) is 4.35. The van der Waals surface area contributed by atoms with Crippen molar-refractivity contribution >= 4 is 11.6 Å². The molecule has 0 radical (unpaired) electrons. The summed E-state index contributed by atoms with van der Waals surface area (Å²) < 4.78 is 12.3. The zero-order valence-electron chi connectivity index (χ0n) is 12.3. The van der Waals surface area contributed by atoms with Crippen LogP contribution in [0.3, 0.4) is 0 Å². The Balaban J connectivity index is 2.05. The second-order valence-electron chi connectivity index (χ2n) is 4.35. The summed E-state index contributed by atoms with van der Waals surface area (Å²) in [4.78, 5) is 8.43. The highest BCUT2D eigenvalue weighted by Gasteiger charge is 2.05. The van der Waals surface area contributed by atoms with E-state index < -0.39 is 0 Å². The molecule has 0 spiro atoms. The van der Waals surface area contributed by atoms with Gasteiger partial charge in [0, 0.05) is 31.2 Å². The fourth-order valence-electron chi connectivity index (χ4n) is 1.81. The number of aliphatic imine (C=N–C) groups is 1. The van der Waals surface area contributed by atoms with Gasteiger partial charge < -0.3 is 25.1 Å². The van der Waals surface area contributed by atoms with Crippen molar-refractivity contribution in [2.24, 2.45) is 17.8 Å². The molecule has 112 valence electrons. The highest BCUT2D eigenvalue weighted by Crippen LogP contribution is 2.29. The van der Waals surface area contributed by atoms with Gasteiger partial charge in [-0.3, -0.25) is 0 Å². The molecule has 7 nitrogen and oxygen atoms in total. The van der Waals surface area contributed by atoms with E-state index in [0.717, 1.165) is 11.5 Å². The van der Waals surface area contributed by atoms with Crippen molar-refractivity contribution in [2.45, 2.75) is 6.54 Å². The molecule has 0 aliphatic carbocycles. The maximum Gasteiger partial charge on any atom is 0.193 e. The highest BCUT2D eigenvalue weighted by molar-refractivity contribution is 5.92. The van der Waals surface area contributed by atoms with E-state index in [1.807, 2.05) is 23.9 Å². The number of nitrogens with zero attached hydrogens (tertiary/aromatic N) is 3. The van der Waals surface area contributed by atoms with Crippen LogP contribution in [0.1, 0.15) is 5.82 Å². The number of rotatable bonds is 5. The van der Waals surface area contributed by atoms with Gasteiger partial charge in [-0.1, -0.05) is 0 Å². The van der Waals surface area contributed by atoms with Gasteiger partial charge >= 0.3 is 0 Å². The molecule has 2 aromatic rings. The van der Waals surface area contributed by atoms with Gasteiger partial charge in [-0.25, -0.2) is 9.98 Å². The number of ether oxygens (including phenoxy) is 2. The van der Waals surface area contributed by atoms with Crippen molar-refractivity contribution in [3.63, 3.8) is 0 Å². The number of guanidine groups is 1. The van der Waals surface area contributed by atoms with Crippen molar-refractivity contribution in [1.29, 1.82) is 0 Å². The fraction of sp³-hybridized carbons (Fsp3) is 0.286. The van der Waals surface area contributed by atoms with Gasteiger partial charge in [0.1, 0.15) is 12.4 Å². The minimum absolute atomic E-state index is 0.310. The monoisotopic (exact) mass is 289 g/mol. The predicted molar refractivity (Wildman–Crippen MR) is 81.7 cm³/mol. The molecule has 0 saturated carbocycles. The maximum absolute atomic E-state index is 5.86. The summed E-state index contributed by atoms with van der Waals surface area (Å²) >= 11 is 0. The second kappa shape index (κ2) is 6.65. The summed E-state index contributed by atoms with van der Waals surface area (Å²) in [6.07, 6.45) is 3.59. The lowest BCUT2D eigenvalue weighted by molar-refractivity contribution is 0.355. The van der Waals surface area contributed by atoms with Crippen LogP contribution in [-0.4, -0.2) is 29.7 Å². The highest BCUT2D eigenvalue weighted by atomic mass is 16.5. The quantitative estimate of drug-likeness (QED) is 0.641. The molecule has 0 fully saturated rings. The normalized spacial score (nSPS) is 11.3. The van der Waals surface area contributed by atoms with Gasteiger partial charge in [-0.05, 0) is 12.1 Å². The molecule has 0 atom stereocenters. The van der Waals surface area contributed by atoms with Crippen LogP contribution in [0, 0.1) is 0 Å². The fourth-order valence-corrected chi connectivity index (χ4v) is 1.81. The molecule has 1 aromatic carbocycles. The van der Waals surface area contributed by atoms with Crippen LogP contribution in [0.5, 0.6) is 11.5 Å². The molecule has 0 unspecified atom stereocenters. The minimum atomic E-state index is 0.310. The Morgan fingerprint density at radius 2 is 2.10 bits per heavy atom. The average Bonchev–Trinajstić information content (AvgIpc) is 2.90. The summed E-state index contributed by atoms with van der Waals surface area (Å²) in [5.74, 6) is 2.43. The lowest BCUT2D eigenvalue weighted by atomic mass is 10.3. The van der Waals surface area contributed by atoms with Crippen LogP contribution in [0.4, 0.5) is 5.69 Å². The van der Waals surface area contributed by atoms with Gasteiger partial charge in [0.25, 0.3) is 0 Å². The third kappa shape index (κ3) is 3.65. The van der Waals surface area contributed by atoms with Crippen molar-refractivity contribution in [2.75, 3.05) is 19.5 Å². The Labute approximate surface area is 123 Å². The van der Waals surface area contributed by atoms with Gasteiger partial charge in [0.05, 0.1) is 14.2 Å². The molecule has 0 aliphatic rings. The summed E-state index contributed by atoms with van der Waals surface area (Å²) in [6, 6.07) is 5.43. The largest absolute Gasteiger partial charge is 0.493 e. The number of anilines is 1. The Kier molecular flexibility index (Phi) is 4.65. The predicted octanol–water partition coefficient (Wildman–Crippen LogP) is 1.36. The van der Waals surface area contributed by atoms with E-state index in [2.05, 4.69) is 15.3 Å². The molecule has 0 bridgehead atoms. The Morgan fingerprint density at radius 1 is 1.33 bits per heavy atom. The third-order valence-electron chi connectivity index (χ3n) is 2.97. The van der Waals surface area contributed by atoms with Crippen LogP contribution in [-0.2, 0) is 13.6 Å². The zero-order valence-corrected chi connectivity index (χ0v) is 12.3. The number of aromatic nitrogens is 2. The summed E-state index contributed by atoms with van der Waals surface area (Å²) in [5, 5.41) is 3.00. The molecular formula is C14H19N5O2. The van der Waals surface area contributed by atoms with Crippen molar-refractivity contribution in [3.05, 3.63) is 36.4 Å². The van der Waals surface area contributed by atoms with Crippen molar-refractivity contribution in [1.82, 2.24) is 9.55 Å². The van der Waals surface area contributed by atoms with Gasteiger partial charge in [-0.15, -0.1) is 0 Å². The van der Waals surface area contributed by atoms with Crippen LogP contribution < -0.4 is 20.5 Å². The van der Waals surface area contributed by atoms with Crippen molar-refractivity contribution < 1.29 is 9.47 Å². The lowest BCUT2D eigenvalue weighted by Crippen LogP contribution is -2.22. The van der Waals surface area contributed by atoms with Gasteiger partial charge in [0.15, 0.2) is 17.5 Å². The first-order valence-electron chi connectivity index (χ1n) is 6.39. The molecule has 7 heteroatoms. The number of benzene rings is 1. The first-order chi connectivity index (χ1) is 10.1. The van der Waals surface area contributed by atoms with E-state index in [-0.39, 0.29) is 0 Å². The van der Waals surface area contributed by atoms with E-state index in [0.29, 0.717) is 24.0 Å². The Bertz CT molecular complexity index is 636. The molecular weight excluding hydrogens is 270 g/mol. The number of nitrogens with one attached hydrogen (secondary N) is 1. The molecule has 3 N–H and O–H groups in total. The molecule has 0 amide bonds. The van der Waals surface area contributed by atoms with E-state index >= 15 is 0 Å². The average molecular weight is 289 g/mol. The zero-order chi connectivity index (χ0) is 15.2. The van der Waals surface area contributed by atoms with E-state index in [1.165, 1.54) is 0 Å². The molecule has 2 rings (SSSR count). The summed E-state index contributed by atoms with van der Waals surface area (Å²) in [6.45, 7) is 0.412. The smallest absolute Gasteiger partial charge is 0.193 e. The standard InChI is InChI=1S/C14H19N5O2/c1-19-7-6-16-13(19)9-17-14(15)18-10-4-5-11(20-2)12(8-10)21-3/h4-8H,9H2,1-3H3,(H3,15,17,18). The molecule has 0 saturated heterocycles. The van der Waals surface area contributed by atoms with E-state index in [9.17, 15) is 0 Å². The first kappa shape index (κ1) is 14.7. The van der Waals surface area contributed by atoms with Crippen LogP contribution in [0.15, 0.2) is 35.6 Å². The SMILES string of the molecule is COc1ccc(NC(N)=NCc2nccn2C)cc1OC. The molecule has 21 heavy (non-hydrogen) atoms. The molecule has 0 aliphatic heterocycles. The first-order valence-corrected chi connectivity index (χ1v) is 6.39. The third-order valence-corrected chi connectivity index (χ3v) is 2.97. The van der Waals surface area contributed by atoms with Crippen molar-refractivity contribution in [3.8, 4) is 11.5 Å². The molecule has 1 heterocycles. The van der Waals surface area contributed by atoms with Gasteiger partial charge in [0.2, 0.25) is 0 Å². The minimum Gasteiger partial charge on any atom is -0.493 e. The number of hydrogen-bond donors (Lipinski definition) is 2. The van der Waals surface area contributed by atoms with Crippen LogP contribution in [0.2, 0.25) is 0 Å². The van der Waals surface area contributed by atoms with Crippen LogP contribution in [0.25, 0.3) is 0 Å². The number of hydrogen-bond acceptors (Lipinski definition) is 4. The number of aryl methyl sites for hydroxylation is 1. The van der Waals surface area contributed by atoms with Gasteiger partial charge in [-0.2, -0.15) is 0 Å². The Hall–Kier alpha value is -2.70. The number of nitrogens with two attached hydrogens (primary N) is 1. The summed E-state index contributed by atoms with van der Waals surface area (Å²) in [5.41, 5.74) is 6.64. The number of imidazole rings is 1. The maximum atomic E-state index is 5.86.